The molecular formula is C27H34N4O4S. The van der Waals surface area contributed by atoms with Gasteiger partial charge in [0.25, 0.3) is 0 Å². The summed E-state index contributed by atoms with van der Waals surface area (Å²) in [6.45, 7) is 2.47. The van der Waals surface area contributed by atoms with Gasteiger partial charge in [0.15, 0.2) is 0 Å². The number of carbonyl (C=O) groups excluding carboxylic acids is 1. The number of carbonyl (C=O) groups is 1. The topological polar surface area (TPSA) is 108 Å². The van der Waals surface area contributed by atoms with Gasteiger partial charge in [-0.05, 0) is 86.7 Å². The van der Waals surface area contributed by atoms with E-state index in [2.05, 4.69) is 14.9 Å². The number of aliphatic hydroxyl groups excluding tert-OH is 1. The average molecular weight is 511 g/mol. The second kappa shape index (κ2) is 12.5. The third kappa shape index (κ3) is 6.15. The van der Waals surface area contributed by atoms with E-state index >= 15 is 0 Å². The number of rotatable bonds is 11. The summed E-state index contributed by atoms with van der Waals surface area (Å²) in [5.74, 6) is 1.39. The minimum absolute atomic E-state index is 0.0940. The number of hydrogen-bond donors (Lipinski definition) is 3. The molecule has 3 aromatic rings. The standard InChI is InChI=1S/C27H34N4O4S/c1-35-21-7-8-24-23(17-21)22(20(19-32)18-29-24)5-4-9-27(26(33)30-34)10-13-31(14-11-27)15-16-36-25-6-2-3-12-28-25/h2-3,6-8,12,17-18,32,34H,4-5,9-11,13-16,19H2,1H3,(H,30,33). The van der Waals surface area contributed by atoms with Gasteiger partial charge in [-0.25, -0.2) is 10.5 Å². The molecule has 36 heavy (non-hydrogen) atoms. The summed E-state index contributed by atoms with van der Waals surface area (Å²) in [5.41, 5.74) is 4.01. The number of hydroxylamine groups is 1. The lowest BCUT2D eigenvalue weighted by Crippen LogP contribution is -2.48. The molecule has 0 aliphatic carbocycles. The Morgan fingerprint density at radius 3 is 2.75 bits per heavy atom. The fraction of sp³-hybridized carbons (Fsp3) is 0.444. The lowest BCUT2D eigenvalue weighted by molar-refractivity contribution is -0.143. The van der Waals surface area contributed by atoms with Crippen molar-refractivity contribution in [1.82, 2.24) is 20.3 Å². The van der Waals surface area contributed by atoms with E-state index in [4.69, 9.17) is 4.74 Å². The van der Waals surface area contributed by atoms with Crippen molar-refractivity contribution in [3.8, 4) is 5.75 Å². The number of likely N-dealkylation sites (tertiary alicyclic amines) is 1. The fourth-order valence-corrected chi connectivity index (χ4v) is 5.92. The van der Waals surface area contributed by atoms with Crippen molar-refractivity contribution in [1.29, 1.82) is 0 Å². The van der Waals surface area contributed by atoms with Gasteiger partial charge in [0.2, 0.25) is 5.91 Å². The normalized spacial score (nSPS) is 15.6. The Labute approximate surface area is 216 Å². The zero-order valence-corrected chi connectivity index (χ0v) is 21.5. The number of aliphatic hydroxyl groups is 1. The van der Waals surface area contributed by atoms with Crippen molar-refractivity contribution < 1.29 is 19.8 Å². The number of fused-ring (bicyclic) bond motifs is 1. The maximum Gasteiger partial charge on any atom is 0.249 e. The number of ether oxygens (including phenoxy) is 1. The van der Waals surface area contributed by atoms with Gasteiger partial charge in [-0.15, -0.1) is 11.8 Å². The van der Waals surface area contributed by atoms with Gasteiger partial charge in [-0.3, -0.25) is 15.0 Å². The predicted molar refractivity (Wildman–Crippen MR) is 140 cm³/mol. The molecule has 3 N–H and O–H groups in total. The molecule has 192 valence electrons. The van der Waals surface area contributed by atoms with Crippen molar-refractivity contribution in [3.63, 3.8) is 0 Å². The number of thioether (sulfide) groups is 1. The van der Waals surface area contributed by atoms with Crippen LogP contribution in [0.15, 0.2) is 53.8 Å². The number of hydrogen-bond acceptors (Lipinski definition) is 8. The molecule has 2 aromatic heterocycles. The second-order valence-electron chi connectivity index (χ2n) is 9.24. The predicted octanol–water partition coefficient (Wildman–Crippen LogP) is 3.83. The van der Waals surface area contributed by atoms with Crippen LogP contribution in [-0.4, -0.2) is 63.6 Å². The fourth-order valence-electron chi connectivity index (χ4n) is 5.06. The molecule has 1 fully saturated rings. The Morgan fingerprint density at radius 1 is 1.22 bits per heavy atom. The molecule has 1 amide bonds. The number of methoxy groups -OCH3 is 1. The first kappa shape index (κ1) is 26.3. The molecule has 0 radical (unpaired) electrons. The highest BCUT2D eigenvalue weighted by atomic mass is 32.2. The van der Waals surface area contributed by atoms with E-state index in [1.165, 1.54) is 0 Å². The number of amides is 1. The number of piperidine rings is 1. The van der Waals surface area contributed by atoms with Crippen LogP contribution in [0.4, 0.5) is 0 Å². The van der Waals surface area contributed by atoms with Crippen LogP contribution in [0.25, 0.3) is 10.9 Å². The number of aryl methyl sites for hydroxylation is 1. The molecule has 0 bridgehead atoms. The molecule has 8 nitrogen and oxygen atoms in total. The minimum Gasteiger partial charge on any atom is -0.497 e. The molecule has 1 saturated heterocycles. The summed E-state index contributed by atoms with van der Waals surface area (Å²) >= 11 is 1.74. The zero-order valence-electron chi connectivity index (χ0n) is 20.7. The summed E-state index contributed by atoms with van der Waals surface area (Å²) in [5, 5.41) is 21.4. The Hall–Kier alpha value is -2.72. The van der Waals surface area contributed by atoms with Crippen LogP contribution in [0, 0.1) is 5.41 Å². The molecule has 1 aromatic carbocycles. The SMILES string of the molecule is COc1ccc2ncc(CO)c(CCCC3(C(=O)NO)CCN(CCSc4ccccn4)CC3)c2c1. The van der Waals surface area contributed by atoms with Crippen molar-refractivity contribution in [3.05, 3.63) is 59.9 Å². The van der Waals surface area contributed by atoms with Crippen LogP contribution in [0.1, 0.15) is 36.8 Å². The minimum atomic E-state index is -0.598. The van der Waals surface area contributed by atoms with E-state index in [0.29, 0.717) is 25.7 Å². The number of nitrogens with zero attached hydrogens (tertiary/aromatic N) is 3. The third-order valence-corrected chi connectivity index (χ3v) is 8.14. The van der Waals surface area contributed by atoms with Gasteiger partial charge < -0.3 is 14.7 Å². The van der Waals surface area contributed by atoms with Crippen LogP contribution in [0.2, 0.25) is 0 Å². The number of nitrogens with one attached hydrogen (secondary N) is 1. The van der Waals surface area contributed by atoms with E-state index in [9.17, 15) is 15.1 Å². The Morgan fingerprint density at radius 2 is 2.06 bits per heavy atom. The average Bonchev–Trinajstić information content (AvgIpc) is 2.93. The van der Waals surface area contributed by atoms with Crippen molar-refractivity contribution in [2.75, 3.05) is 32.5 Å². The monoisotopic (exact) mass is 510 g/mol. The molecular weight excluding hydrogens is 476 g/mol. The van der Waals surface area contributed by atoms with Crippen LogP contribution in [-0.2, 0) is 17.8 Å². The summed E-state index contributed by atoms with van der Waals surface area (Å²) in [6.07, 6.45) is 7.05. The molecule has 0 atom stereocenters. The van der Waals surface area contributed by atoms with Crippen LogP contribution >= 0.6 is 11.8 Å². The highest BCUT2D eigenvalue weighted by Gasteiger charge is 2.40. The lowest BCUT2D eigenvalue weighted by atomic mass is 9.73. The second-order valence-corrected chi connectivity index (χ2v) is 10.4. The molecule has 3 heterocycles. The van der Waals surface area contributed by atoms with E-state index in [1.807, 2.05) is 41.9 Å². The molecule has 0 saturated carbocycles. The molecule has 4 rings (SSSR count). The van der Waals surface area contributed by atoms with E-state index in [0.717, 1.165) is 64.6 Å². The number of benzene rings is 1. The zero-order chi connectivity index (χ0) is 25.4. The van der Waals surface area contributed by atoms with Crippen LogP contribution in [0.5, 0.6) is 5.75 Å². The van der Waals surface area contributed by atoms with Crippen LogP contribution < -0.4 is 10.2 Å². The van der Waals surface area contributed by atoms with Gasteiger partial charge in [0.05, 0.1) is 29.7 Å². The first-order valence-electron chi connectivity index (χ1n) is 12.3. The first-order valence-corrected chi connectivity index (χ1v) is 13.3. The van der Waals surface area contributed by atoms with Crippen molar-refractivity contribution in [2.24, 2.45) is 5.41 Å². The molecule has 0 spiro atoms. The van der Waals surface area contributed by atoms with E-state index in [-0.39, 0.29) is 12.5 Å². The largest absolute Gasteiger partial charge is 0.497 e. The quantitative estimate of drug-likeness (QED) is 0.203. The number of aromatic nitrogens is 2. The highest BCUT2D eigenvalue weighted by molar-refractivity contribution is 7.99. The summed E-state index contributed by atoms with van der Waals surface area (Å²) < 4.78 is 5.39. The number of pyridine rings is 2. The molecule has 9 heteroatoms. The summed E-state index contributed by atoms with van der Waals surface area (Å²) in [4.78, 5) is 24.0. The summed E-state index contributed by atoms with van der Waals surface area (Å²) in [7, 11) is 1.63. The highest BCUT2D eigenvalue weighted by Crippen LogP contribution is 2.38. The molecule has 1 aliphatic heterocycles. The van der Waals surface area contributed by atoms with Gasteiger partial charge in [0.1, 0.15) is 5.75 Å². The van der Waals surface area contributed by atoms with Gasteiger partial charge in [-0.1, -0.05) is 6.07 Å². The summed E-state index contributed by atoms with van der Waals surface area (Å²) in [6, 6.07) is 11.7. The van der Waals surface area contributed by atoms with Crippen LogP contribution in [0.3, 0.4) is 0 Å². The molecule has 0 unspecified atom stereocenters. The van der Waals surface area contributed by atoms with Crippen molar-refractivity contribution in [2.45, 2.75) is 43.7 Å². The van der Waals surface area contributed by atoms with Gasteiger partial charge in [-0.2, -0.15) is 0 Å². The molecule has 1 aliphatic rings. The van der Waals surface area contributed by atoms with E-state index < -0.39 is 5.41 Å². The maximum atomic E-state index is 12.8. The first-order chi connectivity index (χ1) is 17.6. The maximum absolute atomic E-state index is 12.8. The van der Waals surface area contributed by atoms with Crippen molar-refractivity contribution >= 4 is 28.6 Å². The lowest BCUT2D eigenvalue weighted by Gasteiger charge is -2.40. The Bertz CT molecular complexity index is 1150. The smallest absolute Gasteiger partial charge is 0.249 e. The third-order valence-electron chi connectivity index (χ3n) is 7.22. The van der Waals surface area contributed by atoms with E-state index in [1.54, 1.807) is 31.3 Å². The Balaban J connectivity index is 1.38. The van der Waals surface area contributed by atoms with Gasteiger partial charge >= 0.3 is 0 Å². The van der Waals surface area contributed by atoms with Gasteiger partial charge in [0, 0.05) is 30.1 Å². The Kier molecular flexibility index (Phi) is 9.14.